The molecule has 4 rings (SSSR count). The number of fused-ring (bicyclic) bond motifs is 1. The number of nitrogens with one attached hydrogen (secondary N) is 1. The third-order valence-corrected chi connectivity index (χ3v) is 6.00. The van der Waals surface area contributed by atoms with E-state index in [0.717, 1.165) is 27.6 Å². The van der Waals surface area contributed by atoms with Gasteiger partial charge in [-0.25, -0.2) is 18.2 Å². The van der Waals surface area contributed by atoms with Gasteiger partial charge in [0, 0.05) is 35.2 Å². The molecule has 0 spiro atoms. The summed E-state index contributed by atoms with van der Waals surface area (Å²) in [6.45, 7) is 1.77. The molecule has 0 radical (unpaired) electrons. The third kappa shape index (κ3) is 3.52. The molecule has 0 aliphatic rings. The quantitative estimate of drug-likeness (QED) is 0.526. The average molecular weight is 406 g/mol. The van der Waals surface area contributed by atoms with Crippen LogP contribution in [-0.4, -0.2) is 35.7 Å². The highest BCUT2D eigenvalue weighted by atomic mass is 32.2. The molecule has 0 fully saturated rings. The molecule has 6 nitrogen and oxygen atoms in total. The van der Waals surface area contributed by atoms with Gasteiger partial charge in [-0.1, -0.05) is 24.3 Å². The Morgan fingerprint density at radius 2 is 1.83 bits per heavy atom. The number of aromatic nitrogens is 2. The lowest BCUT2D eigenvalue weighted by molar-refractivity contribution is 0.0696. The Hall–Kier alpha value is -3.45. The van der Waals surface area contributed by atoms with Crippen LogP contribution in [0.5, 0.6) is 0 Å². The van der Waals surface area contributed by atoms with Gasteiger partial charge in [0.1, 0.15) is 5.65 Å². The Morgan fingerprint density at radius 1 is 1.03 bits per heavy atom. The van der Waals surface area contributed by atoms with Crippen molar-refractivity contribution in [2.24, 2.45) is 0 Å². The second kappa shape index (κ2) is 6.86. The number of carboxylic acid groups (broad SMARTS) is 1. The molecular formula is C22H18N2O4S. The molecular weight excluding hydrogens is 388 g/mol. The molecule has 29 heavy (non-hydrogen) atoms. The van der Waals surface area contributed by atoms with E-state index >= 15 is 0 Å². The minimum absolute atomic E-state index is 0.254. The summed E-state index contributed by atoms with van der Waals surface area (Å²) in [4.78, 5) is 19.1. The predicted octanol–water partition coefficient (Wildman–Crippen LogP) is 4.31. The summed E-state index contributed by atoms with van der Waals surface area (Å²) in [5, 5.41) is 10.1. The van der Waals surface area contributed by atoms with Crippen molar-refractivity contribution in [3.05, 3.63) is 72.1 Å². The van der Waals surface area contributed by atoms with Crippen LogP contribution in [0.15, 0.2) is 65.8 Å². The number of H-pyrrole nitrogens is 1. The number of nitrogens with zero attached hydrogens (tertiary/aromatic N) is 1. The maximum Gasteiger partial charge on any atom is 0.335 e. The molecule has 2 aromatic carbocycles. The van der Waals surface area contributed by atoms with Crippen molar-refractivity contribution in [3.63, 3.8) is 0 Å². The van der Waals surface area contributed by atoms with E-state index in [9.17, 15) is 18.3 Å². The lowest BCUT2D eigenvalue weighted by atomic mass is 9.99. The van der Waals surface area contributed by atoms with Crippen LogP contribution in [0.2, 0.25) is 0 Å². The lowest BCUT2D eigenvalue weighted by Gasteiger charge is -2.07. The van der Waals surface area contributed by atoms with Crippen molar-refractivity contribution in [3.8, 4) is 22.3 Å². The average Bonchev–Trinajstić information content (AvgIpc) is 3.10. The summed E-state index contributed by atoms with van der Waals surface area (Å²) in [7, 11) is -3.31. The standard InChI is InChI=1S/C22H18N2O4S/c1-13-8-15(6-7-18(13)22(25)26)20-12-24-21-19(20)10-16(11-23-21)14-4-3-5-17(9-14)29(2,27)28/h3-12H,1-2H3,(H,23,24)(H,25,26). The Kier molecular flexibility index (Phi) is 4.47. The van der Waals surface area contributed by atoms with Crippen LogP contribution in [0.3, 0.4) is 0 Å². The number of carboxylic acids is 1. The number of sulfone groups is 1. The van der Waals surface area contributed by atoms with Crippen molar-refractivity contribution in [1.29, 1.82) is 0 Å². The summed E-state index contributed by atoms with van der Waals surface area (Å²) in [6.07, 6.45) is 4.72. The number of pyridine rings is 1. The van der Waals surface area contributed by atoms with E-state index in [2.05, 4.69) is 9.97 Å². The minimum atomic E-state index is -3.31. The predicted molar refractivity (Wildman–Crippen MR) is 112 cm³/mol. The van der Waals surface area contributed by atoms with E-state index in [4.69, 9.17) is 0 Å². The Morgan fingerprint density at radius 3 is 2.52 bits per heavy atom. The molecule has 0 aliphatic carbocycles. The van der Waals surface area contributed by atoms with Gasteiger partial charge in [0.2, 0.25) is 0 Å². The fourth-order valence-electron chi connectivity index (χ4n) is 3.38. The molecule has 2 heterocycles. The Bertz CT molecular complexity index is 1370. The number of aromatic carboxylic acids is 1. The molecule has 0 unspecified atom stereocenters. The van der Waals surface area contributed by atoms with Gasteiger partial charge < -0.3 is 10.1 Å². The highest BCUT2D eigenvalue weighted by Gasteiger charge is 2.13. The number of hydrogen-bond acceptors (Lipinski definition) is 4. The maximum absolute atomic E-state index is 11.9. The van der Waals surface area contributed by atoms with Crippen molar-refractivity contribution in [2.75, 3.05) is 6.26 Å². The fourth-order valence-corrected chi connectivity index (χ4v) is 4.04. The normalized spacial score (nSPS) is 11.7. The second-order valence-electron chi connectivity index (χ2n) is 6.96. The number of aryl methyl sites for hydroxylation is 1. The second-order valence-corrected chi connectivity index (χ2v) is 8.97. The smallest absolute Gasteiger partial charge is 0.335 e. The monoisotopic (exact) mass is 406 g/mol. The first-order valence-corrected chi connectivity index (χ1v) is 10.7. The van der Waals surface area contributed by atoms with Crippen molar-refractivity contribution in [2.45, 2.75) is 11.8 Å². The van der Waals surface area contributed by atoms with Crippen LogP contribution in [0.1, 0.15) is 15.9 Å². The molecule has 2 aromatic heterocycles. The van der Waals surface area contributed by atoms with E-state index < -0.39 is 15.8 Å². The van der Waals surface area contributed by atoms with Gasteiger partial charge in [-0.15, -0.1) is 0 Å². The van der Waals surface area contributed by atoms with E-state index in [1.165, 1.54) is 6.26 Å². The summed E-state index contributed by atoms with van der Waals surface area (Å²) in [6, 6.07) is 13.9. The van der Waals surface area contributed by atoms with Gasteiger partial charge in [0.05, 0.1) is 10.5 Å². The van der Waals surface area contributed by atoms with Gasteiger partial charge in [-0.05, 0) is 47.9 Å². The van der Waals surface area contributed by atoms with E-state index in [-0.39, 0.29) is 10.5 Å². The highest BCUT2D eigenvalue weighted by molar-refractivity contribution is 7.90. The summed E-state index contributed by atoms with van der Waals surface area (Å²) < 4.78 is 23.7. The van der Waals surface area contributed by atoms with Crippen molar-refractivity contribution in [1.82, 2.24) is 9.97 Å². The molecule has 0 saturated heterocycles. The van der Waals surface area contributed by atoms with E-state index in [1.54, 1.807) is 43.5 Å². The highest BCUT2D eigenvalue weighted by Crippen LogP contribution is 2.32. The van der Waals surface area contributed by atoms with Gasteiger partial charge in [0.15, 0.2) is 9.84 Å². The number of benzene rings is 2. The first kappa shape index (κ1) is 18.9. The summed E-state index contributed by atoms with van der Waals surface area (Å²) in [5.41, 5.74) is 4.97. The minimum Gasteiger partial charge on any atom is -0.478 e. The zero-order valence-electron chi connectivity index (χ0n) is 15.8. The van der Waals surface area contributed by atoms with Gasteiger partial charge in [-0.2, -0.15) is 0 Å². The van der Waals surface area contributed by atoms with E-state index in [1.807, 2.05) is 24.4 Å². The zero-order valence-corrected chi connectivity index (χ0v) is 16.6. The molecule has 0 amide bonds. The number of hydrogen-bond donors (Lipinski definition) is 2. The molecule has 0 atom stereocenters. The molecule has 7 heteroatoms. The lowest BCUT2D eigenvalue weighted by Crippen LogP contribution is -1.99. The Labute approximate surface area is 167 Å². The van der Waals surface area contributed by atoms with Crippen molar-refractivity contribution >= 4 is 26.8 Å². The van der Waals surface area contributed by atoms with Crippen LogP contribution in [-0.2, 0) is 9.84 Å². The molecule has 4 aromatic rings. The first-order chi connectivity index (χ1) is 13.7. The Balaban J connectivity index is 1.84. The van der Waals surface area contributed by atoms with Crippen molar-refractivity contribution < 1.29 is 18.3 Å². The number of aromatic amines is 1. The maximum atomic E-state index is 11.9. The van der Waals surface area contributed by atoms with Gasteiger partial charge >= 0.3 is 5.97 Å². The third-order valence-electron chi connectivity index (χ3n) is 4.89. The van der Waals surface area contributed by atoms with Gasteiger partial charge in [0.25, 0.3) is 0 Å². The van der Waals surface area contributed by atoms with Crippen LogP contribution in [0, 0.1) is 6.92 Å². The molecule has 2 N–H and O–H groups in total. The van der Waals surface area contributed by atoms with E-state index in [0.29, 0.717) is 11.2 Å². The first-order valence-electron chi connectivity index (χ1n) is 8.86. The number of rotatable bonds is 4. The SMILES string of the molecule is Cc1cc(-c2c[nH]c3ncc(-c4cccc(S(C)(=O)=O)c4)cc23)ccc1C(=O)O. The number of carbonyl (C=O) groups is 1. The van der Waals surface area contributed by atoms with Gasteiger partial charge in [-0.3, -0.25) is 0 Å². The van der Waals surface area contributed by atoms with Crippen LogP contribution in [0.25, 0.3) is 33.3 Å². The van der Waals surface area contributed by atoms with Crippen LogP contribution in [0.4, 0.5) is 0 Å². The molecule has 0 saturated carbocycles. The molecule has 0 aliphatic heterocycles. The fraction of sp³-hybridized carbons (Fsp3) is 0.0909. The summed E-state index contributed by atoms with van der Waals surface area (Å²) in [5.74, 6) is -0.956. The topological polar surface area (TPSA) is 100 Å². The zero-order chi connectivity index (χ0) is 20.8. The summed E-state index contributed by atoms with van der Waals surface area (Å²) >= 11 is 0. The molecule has 146 valence electrons. The van der Waals surface area contributed by atoms with Crippen LogP contribution >= 0.6 is 0 Å². The van der Waals surface area contributed by atoms with Crippen LogP contribution < -0.4 is 0 Å². The largest absolute Gasteiger partial charge is 0.478 e. The molecule has 0 bridgehead atoms.